The van der Waals surface area contributed by atoms with Crippen molar-refractivity contribution in [2.75, 3.05) is 13.2 Å². The maximum atomic E-state index is 11.8. The molecule has 90 valence electrons. The van der Waals surface area contributed by atoms with E-state index in [0.717, 1.165) is 11.3 Å². The molecular formula is C13H15NO3. The smallest absolute Gasteiger partial charge is 0.227 e. The van der Waals surface area contributed by atoms with E-state index >= 15 is 0 Å². The highest BCUT2D eigenvalue weighted by atomic mass is 16.5. The van der Waals surface area contributed by atoms with E-state index in [1.807, 2.05) is 24.3 Å². The van der Waals surface area contributed by atoms with Crippen LogP contribution in [0, 0.1) is 5.92 Å². The Morgan fingerprint density at radius 2 is 2.18 bits per heavy atom. The number of Topliss-reactive ketones (excluding diaryl/α,β-unsaturated/α-hetero) is 1. The lowest BCUT2D eigenvalue weighted by Gasteiger charge is -2.24. The molecule has 1 aromatic carbocycles. The second-order valence-corrected chi connectivity index (χ2v) is 4.24. The van der Waals surface area contributed by atoms with E-state index in [1.165, 1.54) is 6.92 Å². The van der Waals surface area contributed by atoms with Crippen LogP contribution in [0.25, 0.3) is 0 Å². The highest BCUT2D eigenvalue weighted by Gasteiger charge is 2.25. The van der Waals surface area contributed by atoms with Gasteiger partial charge in [0, 0.05) is 0 Å². The number of ether oxygens (including phenoxy) is 1. The Balaban J connectivity index is 1.97. The minimum absolute atomic E-state index is 0.0459. The Morgan fingerprint density at radius 1 is 1.41 bits per heavy atom. The number of amides is 1. The summed E-state index contributed by atoms with van der Waals surface area (Å²) >= 11 is 0. The monoisotopic (exact) mass is 233 g/mol. The molecule has 1 atom stereocenters. The Bertz CT molecular complexity index is 442. The zero-order valence-corrected chi connectivity index (χ0v) is 9.73. The minimum Gasteiger partial charge on any atom is -0.492 e. The number of ketones is 1. The molecule has 0 aromatic heterocycles. The van der Waals surface area contributed by atoms with E-state index in [1.54, 1.807) is 0 Å². The number of rotatable bonds is 3. The van der Waals surface area contributed by atoms with Crippen molar-refractivity contribution in [2.45, 2.75) is 13.3 Å². The predicted molar refractivity (Wildman–Crippen MR) is 62.8 cm³/mol. The molecule has 1 aromatic rings. The van der Waals surface area contributed by atoms with Gasteiger partial charge in [0.1, 0.15) is 18.1 Å². The molecule has 1 unspecified atom stereocenters. The molecule has 17 heavy (non-hydrogen) atoms. The Hall–Kier alpha value is -1.84. The number of hydrogen-bond acceptors (Lipinski definition) is 3. The zero-order valence-electron chi connectivity index (χ0n) is 9.73. The third-order valence-corrected chi connectivity index (χ3v) is 2.76. The van der Waals surface area contributed by atoms with Gasteiger partial charge in [-0.2, -0.15) is 0 Å². The van der Waals surface area contributed by atoms with Crippen LogP contribution in [0.1, 0.15) is 12.5 Å². The summed E-state index contributed by atoms with van der Waals surface area (Å²) in [5.74, 6) is 0.484. The lowest BCUT2D eigenvalue weighted by molar-refractivity contribution is -0.128. The van der Waals surface area contributed by atoms with E-state index in [-0.39, 0.29) is 24.2 Å². The first-order chi connectivity index (χ1) is 8.16. The molecule has 2 rings (SSSR count). The lowest BCUT2D eigenvalue weighted by Crippen LogP contribution is -2.39. The first-order valence-electron chi connectivity index (χ1n) is 5.64. The number of benzene rings is 1. The molecule has 1 N–H and O–H groups in total. The molecule has 1 heterocycles. The van der Waals surface area contributed by atoms with Crippen LogP contribution >= 0.6 is 0 Å². The Labute approximate surface area is 100.0 Å². The van der Waals surface area contributed by atoms with E-state index < -0.39 is 0 Å². The molecule has 1 aliphatic heterocycles. The molecule has 0 bridgehead atoms. The average Bonchev–Trinajstić information content (AvgIpc) is 2.35. The maximum absolute atomic E-state index is 11.8. The lowest BCUT2D eigenvalue weighted by atomic mass is 9.96. The van der Waals surface area contributed by atoms with Crippen molar-refractivity contribution in [1.82, 2.24) is 5.32 Å². The van der Waals surface area contributed by atoms with Crippen LogP contribution < -0.4 is 10.1 Å². The molecule has 4 heteroatoms. The van der Waals surface area contributed by atoms with Gasteiger partial charge in [-0.15, -0.1) is 0 Å². The van der Waals surface area contributed by atoms with Gasteiger partial charge >= 0.3 is 0 Å². The summed E-state index contributed by atoms with van der Waals surface area (Å²) in [6, 6.07) is 7.70. The number of para-hydroxylation sites is 1. The van der Waals surface area contributed by atoms with E-state index in [2.05, 4.69) is 5.32 Å². The number of hydrogen-bond donors (Lipinski definition) is 1. The van der Waals surface area contributed by atoms with Crippen molar-refractivity contribution < 1.29 is 14.3 Å². The van der Waals surface area contributed by atoms with E-state index in [4.69, 9.17) is 4.74 Å². The van der Waals surface area contributed by atoms with Crippen LogP contribution in [0.2, 0.25) is 0 Å². The van der Waals surface area contributed by atoms with Gasteiger partial charge in [-0.3, -0.25) is 9.59 Å². The first kappa shape index (κ1) is 11.6. The molecule has 0 fully saturated rings. The largest absolute Gasteiger partial charge is 0.492 e. The van der Waals surface area contributed by atoms with Gasteiger partial charge in [-0.25, -0.2) is 0 Å². The van der Waals surface area contributed by atoms with E-state index in [0.29, 0.717) is 13.0 Å². The van der Waals surface area contributed by atoms with Crippen LogP contribution in [0.15, 0.2) is 24.3 Å². The number of nitrogens with one attached hydrogen (secondary N) is 1. The molecule has 4 nitrogen and oxygen atoms in total. The zero-order chi connectivity index (χ0) is 12.3. The fraction of sp³-hybridized carbons (Fsp3) is 0.385. The molecular weight excluding hydrogens is 218 g/mol. The average molecular weight is 233 g/mol. The maximum Gasteiger partial charge on any atom is 0.227 e. The summed E-state index contributed by atoms with van der Waals surface area (Å²) in [5.41, 5.74) is 1.04. The standard InChI is InChI=1S/C13H15NO3/c1-9(15)7-14-13(16)11-6-10-4-2-3-5-12(10)17-8-11/h2-5,11H,6-8H2,1H3,(H,14,16). The minimum atomic E-state index is -0.204. The van der Waals surface area contributed by atoms with Gasteiger partial charge in [0.2, 0.25) is 5.91 Å². The summed E-state index contributed by atoms with van der Waals surface area (Å²) in [4.78, 5) is 22.6. The third kappa shape index (κ3) is 2.84. The van der Waals surface area contributed by atoms with E-state index in [9.17, 15) is 9.59 Å². The summed E-state index contributed by atoms with van der Waals surface area (Å²) < 4.78 is 5.52. The van der Waals surface area contributed by atoms with Gasteiger partial charge in [-0.05, 0) is 25.0 Å². The molecule has 0 saturated heterocycles. The molecule has 0 saturated carbocycles. The number of carbonyl (C=O) groups is 2. The van der Waals surface area contributed by atoms with Crippen LogP contribution in [0.4, 0.5) is 0 Å². The van der Waals surface area contributed by atoms with Gasteiger partial charge in [0.15, 0.2) is 0 Å². The molecule has 0 aliphatic carbocycles. The Morgan fingerprint density at radius 3 is 2.94 bits per heavy atom. The summed E-state index contributed by atoms with van der Waals surface area (Å²) in [7, 11) is 0. The van der Waals surface area contributed by atoms with Crippen LogP contribution in [0.3, 0.4) is 0 Å². The summed E-state index contributed by atoms with van der Waals surface area (Å²) in [6.45, 7) is 1.92. The van der Waals surface area contributed by atoms with Gasteiger partial charge in [0.05, 0.1) is 12.5 Å². The molecule has 0 spiro atoms. The van der Waals surface area contributed by atoms with Crippen LogP contribution in [-0.4, -0.2) is 24.8 Å². The third-order valence-electron chi connectivity index (χ3n) is 2.76. The highest BCUT2D eigenvalue weighted by molar-refractivity contribution is 5.86. The van der Waals surface area contributed by atoms with Crippen LogP contribution in [-0.2, 0) is 16.0 Å². The normalized spacial score (nSPS) is 17.8. The molecule has 0 radical (unpaired) electrons. The second kappa shape index (κ2) is 4.99. The first-order valence-corrected chi connectivity index (χ1v) is 5.64. The quantitative estimate of drug-likeness (QED) is 0.845. The van der Waals surface area contributed by atoms with Crippen LogP contribution in [0.5, 0.6) is 5.75 Å². The number of fused-ring (bicyclic) bond motifs is 1. The van der Waals surface area contributed by atoms with Crippen molar-refractivity contribution in [3.63, 3.8) is 0 Å². The fourth-order valence-corrected chi connectivity index (χ4v) is 1.85. The number of carbonyl (C=O) groups excluding carboxylic acids is 2. The molecule has 1 amide bonds. The summed E-state index contributed by atoms with van der Waals surface area (Å²) in [6.07, 6.45) is 0.667. The van der Waals surface area contributed by atoms with Crippen molar-refractivity contribution in [1.29, 1.82) is 0 Å². The predicted octanol–water partition coefficient (Wildman–Crippen LogP) is 0.943. The van der Waals surface area contributed by atoms with Gasteiger partial charge in [-0.1, -0.05) is 18.2 Å². The Kier molecular flexibility index (Phi) is 3.42. The SMILES string of the molecule is CC(=O)CNC(=O)C1COc2ccccc2C1. The van der Waals surface area contributed by atoms with Gasteiger partial charge in [0.25, 0.3) is 0 Å². The second-order valence-electron chi connectivity index (χ2n) is 4.24. The fourth-order valence-electron chi connectivity index (χ4n) is 1.85. The van der Waals surface area contributed by atoms with Crippen molar-refractivity contribution in [3.05, 3.63) is 29.8 Å². The summed E-state index contributed by atoms with van der Waals surface area (Å²) in [5, 5.41) is 2.61. The van der Waals surface area contributed by atoms with Crippen molar-refractivity contribution in [3.8, 4) is 5.75 Å². The van der Waals surface area contributed by atoms with Crippen molar-refractivity contribution in [2.24, 2.45) is 5.92 Å². The molecule has 1 aliphatic rings. The highest BCUT2D eigenvalue weighted by Crippen LogP contribution is 2.26. The van der Waals surface area contributed by atoms with Crippen molar-refractivity contribution >= 4 is 11.7 Å². The topological polar surface area (TPSA) is 55.4 Å². The van der Waals surface area contributed by atoms with Gasteiger partial charge < -0.3 is 10.1 Å².